The van der Waals surface area contributed by atoms with Crippen LogP contribution in [0.5, 0.6) is 0 Å². The summed E-state index contributed by atoms with van der Waals surface area (Å²) in [5.74, 6) is -0.721. The van der Waals surface area contributed by atoms with Gasteiger partial charge in [0.15, 0.2) is 0 Å². The van der Waals surface area contributed by atoms with E-state index in [2.05, 4.69) is 10.1 Å². The first-order chi connectivity index (χ1) is 11.4. The van der Waals surface area contributed by atoms with Crippen LogP contribution in [-0.4, -0.2) is 25.0 Å². The lowest BCUT2D eigenvalue weighted by Gasteiger charge is -2.11. The Bertz CT molecular complexity index is 724. The van der Waals surface area contributed by atoms with E-state index in [-0.39, 0.29) is 5.91 Å². The van der Waals surface area contributed by atoms with Crippen molar-refractivity contribution in [2.45, 2.75) is 19.4 Å². The zero-order valence-electron chi connectivity index (χ0n) is 13.5. The Labute approximate surface area is 145 Å². The van der Waals surface area contributed by atoms with Crippen LogP contribution in [0.3, 0.4) is 0 Å². The number of nitrogens with two attached hydrogens (primary N) is 1. The maximum absolute atomic E-state index is 12.3. The molecule has 3 N–H and O–H groups in total. The number of hydrogen-bond acceptors (Lipinski definition) is 4. The van der Waals surface area contributed by atoms with Gasteiger partial charge in [-0.1, -0.05) is 35.9 Å². The van der Waals surface area contributed by atoms with Crippen molar-refractivity contribution < 1.29 is 14.3 Å². The molecule has 0 saturated heterocycles. The van der Waals surface area contributed by atoms with Crippen LogP contribution in [0.4, 0.5) is 5.69 Å². The highest BCUT2D eigenvalue weighted by molar-refractivity contribution is 6.34. The van der Waals surface area contributed by atoms with Gasteiger partial charge in [0.05, 0.1) is 17.8 Å². The van der Waals surface area contributed by atoms with E-state index in [0.29, 0.717) is 22.7 Å². The average Bonchev–Trinajstić information content (AvgIpc) is 2.58. The molecule has 0 unspecified atom stereocenters. The van der Waals surface area contributed by atoms with E-state index in [1.807, 2.05) is 19.1 Å². The molecule has 2 aromatic carbocycles. The number of esters is 1. The second-order valence-electron chi connectivity index (χ2n) is 5.42. The van der Waals surface area contributed by atoms with E-state index in [1.54, 1.807) is 30.3 Å². The first-order valence-corrected chi connectivity index (χ1v) is 7.79. The lowest BCUT2D eigenvalue weighted by molar-refractivity contribution is -0.142. The molecule has 0 spiro atoms. The minimum absolute atomic E-state index is 0.255. The molecule has 24 heavy (non-hydrogen) atoms. The van der Waals surface area contributed by atoms with Crippen LogP contribution in [0.2, 0.25) is 5.02 Å². The molecule has 0 aromatic heterocycles. The van der Waals surface area contributed by atoms with Gasteiger partial charge in [-0.25, -0.2) is 0 Å². The summed E-state index contributed by atoms with van der Waals surface area (Å²) in [5.41, 5.74) is 8.54. The highest BCUT2D eigenvalue weighted by Gasteiger charge is 2.15. The number of hydrogen-bond donors (Lipinski definition) is 2. The molecule has 1 atom stereocenters. The van der Waals surface area contributed by atoms with E-state index < -0.39 is 12.0 Å². The second-order valence-corrected chi connectivity index (χ2v) is 5.82. The number of methoxy groups -OCH3 is 1. The maximum Gasteiger partial charge on any atom is 0.322 e. The molecule has 1 amide bonds. The molecule has 0 fully saturated rings. The minimum atomic E-state index is -0.722. The first-order valence-electron chi connectivity index (χ1n) is 7.41. The maximum atomic E-state index is 12.3. The molecule has 2 rings (SSSR count). The lowest BCUT2D eigenvalue weighted by atomic mass is 10.0. The minimum Gasteiger partial charge on any atom is -0.468 e. The predicted octanol–water partition coefficient (Wildman–Crippen LogP) is 2.94. The van der Waals surface area contributed by atoms with Crippen molar-refractivity contribution in [2.75, 3.05) is 12.4 Å². The number of halogens is 1. The summed E-state index contributed by atoms with van der Waals surface area (Å²) in [6, 6.07) is 11.6. The third-order valence-electron chi connectivity index (χ3n) is 3.64. The van der Waals surface area contributed by atoms with Gasteiger partial charge in [0.2, 0.25) is 0 Å². The number of ether oxygens (including phenoxy) is 1. The standard InChI is InChI=1S/C18H19ClN2O3/c1-11-4-3-5-14(19)16(11)21-17(22)13-8-6-12(7-9-13)10-15(20)18(23)24-2/h3-9,15H,10,20H2,1-2H3,(H,21,22)/t15-/m0/s1. The molecule has 5 nitrogen and oxygen atoms in total. The van der Waals surface area contributed by atoms with Crippen molar-refractivity contribution in [2.24, 2.45) is 5.73 Å². The molecule has 126 valence electrons. The van der Waals surface area contributed by atoms with Crippen LogP contribution in [0, 0.1) is 6.92 Å². The molecule has 0 bridgehead atoms. The monoisotopic (exact) mass is 346 g/mol. The van der Waals surface area contributed by atoms with Crippen molar-refractivity contribution in [3.8, 4) is 0 Å². The highest BCUT2D eigenvalue weighted by atomic mass is 35.5. The van der Waals surface area contributed by atoms with Gasteiger partial charge < -0.3 is 15.8 Å². The summed E-state index contributed by atoms with van der Waals surface area (Å²) in [5, 5.41) is 3.30. The highest BCUT2D eigenvalue weighted by Crippen LogP contribution is 2.25. The lowest BCUT2D eigenvalue weighted by Crippen LogP contribution is -2.33. The topological polar surface area (TPSA) is 81.4 Å². The number of carbonyl (C=O) groups is 2. The van der Waals surface area contributed by atoms with Gasteiger partial charge in [-0.3, -0.25) is 9.59 Å². The third-order valence-corrected chi connectivity index (χ3v) is 3.95. The van der Waals surface area contributed by atoms with Gasteiger partial charge in [-0.15, -0.1) is 0 Å². The van der Waals surface area contributed by atoms with E-state index in [1.165, 1.54) is 7.11 Å². The number of anilines is 1. The molecule has 0 aliphatic carbocycles. The van der Waals surface area contributed by atoms with Crippen molar-refractivity contribution in [3.63, 3.8) is 0 Å². The number of carbonyl (C=O) groups excluding carboxylic acids is 2. The van der Waals surface area contributed by atoms with Gasteiger partial charge in [-0.05, 0) is 42.7 Å². The fourth-order valence-corrected chi connectivity index (χ4v) is 2.53. The zero-order valence-corrected chi connectivity index (χ0v) is 14.3. The third kappa shape index (κ3) is 4.34. The molecule has 6 heteroatoms. The van der Waals surface area contributed by atoms with Crippen LogP contribution in [0.25, 0.3) is 0 Å². The largest absolute Gasteiger partial charge is 0.468 e. The quantitative estimate of drug-likeness (QED) is 0.815. The fraction of sp³-hybridized carbons (Fsp3) is 0.222. The van der Waals surface area contributed by atoms with Gasteiger partial charge >= 0.3 is 5.97 Å². The Morgan fingerprint density at radius 1 is 1.21 bits per heavy atom. The molecule has 0 saturated carbocycles. The van der Waals surface area contributed by atoms with E-state index in [4.69, 9.17) is 17.3 Å². The van der Waals surface area contributed by atoms with Gasteiger partial charge in [0, 0.05) is 5.56 Å². The van der Waals surface area contributed by atoms with Crippen molar-refractivity contribution >= 4 is 29.2 Å². The van der Waals surface area contributed by atoms with E-state index >= 15 is 0 Å². The summed E-state index contributed by atoms with van der Waals surface area (Å²) < 4.78 is 4.59. The SMILES string of the molecule is COC(=O)[C@@H](N)Cc1ccc(C(=O)Nc2c(C)cccc2Cl)cc1. The van der Waals surface area contributed by atoms with E-state index in [0.717, 1.165) is 11.1 Å². The van der Waals surface area contributed by atoms with Crippen molar-refractivity contribution in [3.05, 3.63) is 64.2 Å². The zero-order chi connectivity index (χ0) is 17.7. The van der Waals surface area contributed by atoms with Gasteiger partial charge in [-0.2, -0.15) is 0 Å². The number of aryl methyl sites for hydroxylation is 1. The van der Waals surface area contributed by atoms with E-state index in [9.17, 15) is 9.59 Å². The van der Waals surface area contributed by atoms with Crippen LogP contribution in [-0.2, 0) is 16.0 Å². The molecule has 0 aliphatic heterocycles. The Kier molecular flexibility index (Phi) is 5.95. The molecule has 0 radical (unpaired) electrons. The molecular weight excluding hydrogens is 328 g/mol. The smallest absolute Gasteiger partial charge is 0.322 e. The van der Waals surface area contributed by atoms with Gasteiger partial charge in [0.1, 0.15) is 6.04 Å². The van der Waals surface area contributed by atoms with Gasteiger partial charge in [0.25, 0.3) is 5.91 Å². The summed E-state index contributed by atoms with van der Waals surface area (Å²) >= 11 is 6.11. The summed E-state index contributed by atoms with van der Waals surface area (Å²) in [6.45, 7) is 1.87. The second kappa shape index (κ2) is 7.95. The number of amides is 1. The Morgan fingerprint density at radius 3 is 2.46 bits per heavy atom. The van der Waals surface area contributed by atoms with Crippen LogP contribution >= 0.6 is 11.6 Å². The first kappa shape index (κ1) is 18.0. The number of nitrogens with one attached hydrogen (secondary N) is 1. The Balaban J connectivity index is 2.07. The van der Waals surface area contributed by atoms with Crippen LogP contribution < -0.4 is 11.1 Å². The Hall–Kier alpha value is -2.37. The van der Waals surface area contributed by atoms with Crippen molar-refractivity contribution in [1.82, 2.24) is 0 Å². The normalized spacial score (nSPS) is 11.7. The fourth-order valence-electron chi connectivity index (χ4n) is 2.26. The number of benzene rings is 2. The summed E-state index contributed by atoms with van der Waals surface area (Å²) in [7, 11) is 1.30. The summed E-state index contributed by atoms with van der Waals surface area (Å²) in [4.78, 5) is 23.7. The van der Waals surface area contributed by atoms with Crippen LogP contribution in [0.15, 0.2) is 42.5 Å². The predicted molar refractivity (Wildman–Crippen MR) is 94.3 cm³/mol. The van der Waals surface area contributed by atoms with Crippen molar-refractivity contribution in [1.29, 1.82) is 0 Å². The molecule has 2 aromatic rings. The average molecular weight is 347 g/mol. The number of para-hydroxylation sites is 1. The molecule has 0 heterocycles. The summed E-state index contributed by atoms with van der Waals surface area (Å²) in [6.07, 6.45) is 0.345. The molecular formula is C18H19ClN2O3. The van der Waals surface area contributed by atoms with Crippen LogP contribution in [0.1, 0.15) is 21.5 Å². The molecule has 0 aliphatic rings. The Morgan fingerprint density at radius 2 is 1.88 bits per heavy atom. The number of rotatable bonds is 5.